The van der Waals surface area contributed by atoms with Crippen molar-refractivity contribution in [3.8, 4) is 0 Å². The van der Waals surface area contributed by atoms with Gasteiger partial charge in [0.1, 0.15) is 0 Å². The molecule has 1 heterocycles. The fourth-order valence-corrected chi connectivity index (χ4v) is 5.48. The summed E-state index contributed by atoms with van der Waals surface area (Å²) in [6.45, 7) is 0. The molecule has 5 nitrogen and oxygen atoms in total. The lowest BCUT2D eigenvalue weighted by Gasteiger charge is -2.18. The molecule has 0 unspecified atom stereocenters. The fraction of sp³-hybridized carbons (Fsp3) is 0.227. The third-order valence-corrected chi connectivity index (χ3v) is 6.97. The Labute approximate surface area is 187 Å². The Kier molecular flexibility index (Phi) is 4.65. The van der Waals surface area contributed by atoms with Crippen LogP contribution in [0.2, 0.25) is 15.1 Å². The summed E-state index contributed by atoms with van der Waals surface area (Å²) in [6.07, 6.45) is 4.97. The van der Waals surface area contributed by atoms with Gasteiger partial charge < -0.3 is 5.32 Å². The maximum Gasteiger partial charge on any atom is 0.257 e. The second-order valence-electron chi connectivity index (χ2n) is 7.75. The van der Waals surface area contributed by atoms with Crippen molar-refractivity contribution < 1.29 is 14.4 Å². The van der Waals surface area contributed by atoms with Crippen molar-refractivity contribution in [1.29, 1.82) is 0 Å². The van der Waals surface area contributed by atoms with Crippen LogP contribution in [0, 0.1) is 23.7 Å². The molecular formula is C22H15Cl3N2O3. The molecule has 0 radical (unpaired) electrons. The Balaban J connectivity index is 1.38. The summed E-state index contributed by atoms with van der Waals surface area (Å²) < 4.78 is 0. The third kappa shape index (κ3) is 2.96. The molecular weight excluding hydrogens is 447 g/mol. The summed E-state index contributed by atoms with van der Waals surface area (Å²) in [5.41, 5.74) is 1.01. The molecule has 4 atom stereocenters. The van der Waals surface area contributed by atoms with Gasteiger partial charge in [0.05, 0.1) is 38.8 Å². The third-order valence-electron chi connectivity index (χ3n) is 6.11. The maximum atomic E-state index is 12.9. The molecule has 5 rings (SSSR count). The lowest BCUT2D eigenvalue weighted by Crippen LogP contribution is -2.32. The number of anilines is 2. The number of nitrogens with one attached hydrogen (secondary N) is 1. The number of imide groups is 1. The quantitative estimate of drug-likeness (QED) is 0.504. The molecule has 2 bridgehead atoms. The van der Waals surface area contributed by atoms with Crippen LogP contribution in [0.1, 0.15) is 16.8 Å². The number of halogens is 3. The van der Waals surface area contributed by atoms with Crippen LogP contribution in [0.4, 0.5) is 11.4 Å². The summed E-state index contributed by atoms with van der Waals surface area (Å²) >= 11 is 18.3. The molecule has 3 amide bonds. The number of hydrogen-bond donors (Lipinski definition) is 1. The van der Waals surface area contributed by atoms with E-state index in [0.717, 1.165) is 6.42 Å². The molecule has 2 aromatic rings. The molecule has 0 spiro atoms. The normalized spacial score (nSPS) is 26.4. The zero-order chi connectivity index (χ0) is 21.2. The van der Waals surface area contributed by atoms with Crippen LogP contribution < -0.4 is 10.2 Å². The van der Waals surface area contributed by atoms with E-state index >= 15 is 0 Å². The van der Waals surface area contributed by atoms with Crippen molar-refractivity contribution in [1.82, 2.24) is 0 Å². The van der Waals surface area contributed by atoms with E-state index in [9.17, 15) is 14.4 Å². The van der Waals surface area contributed by atoms with Crippen LogP contribution in [-0.4, -0.2) is 17.7 Å². The predicted octanol–water partition coefficient (Wildman–Crippen LogP) is 5.21. The van der Waals surface area contributed by atoms with Gasteiger partial charge in [0.2, 0.25) is 11.8 Å². The molecule has 2 fully saturated rings. The zero-order valence-corrected chi connectivity index (χ0v) is 17.7. The van der Waals surface area contributed by atoms with Gasteiger partial charge in [-0.2, -0.15) is 0 Å². The Morgan fingerprint density at radius 2 is 1.57 bits per heavy atom. The van der Waals surface area contributed by atoms with Gasteiger partial charge >= 0.3 is 0 Å². The molecule has 0 aromatic heterocycles. The highest BCUT2D eigenvalue weighted by Crippen LogP contribution is 2.53. The molecule has 2 aliphatic carbocycles. The SMILES string of the molecule is O=C(Nc1ccc(N2C(=O)[C@H]3[C@H](C2=O)[C@H]2C=C[C@H]3C2)cc1Cl)c1ccc(Cl)cc1Cl. The Hall–Kier alpha value is -2.34. The zero-order valence-electron chi connectivity index (χ0n) is 15.4. The number of amides is 3. The number of benzene rings is 2. The first-order valence-corrected chi connectivity index (χ1v) is 10.6. The molecule has 3 aliphatic rings. The average molecular weight is 462 g/mol. The average Bonchev–Trinajstić information content (AvgIpc) is 3.37. The molecule has 8 heteroatoms. The van der Waals surface area contributed by atoms with E-state index in [2.05, 4.69) is 5.32 Å². The highest BCUT2D eigenvalue weighted by atomic mass is 35.5. The van der Waals surface area contributed by atoms with Crippen LogP contribution in [-0.2, 0) is 9.59 Å². The summed E-state index contributed by atoms with van der Waals surface area (Å²) in [5, 5.41) is 3.55. The predicted molar refractivity (Wildman–Crippen MR) is 116 cm³/mol. The summed E-state index contributed by atoms with van der Waals surface area (Å²) in [5.74, 6) is -1.09. The van der Waals surface area contributed by atoms with E-state index in [1.54, 1.807) is 18.2 Å². The number of fused-ring (bicyclic) bond motifs is 5. The van der Waals surface area contributed by atoms with Crippen molar-refractivity contribution >= 4 is 63.9 Å². The van der Waals surface area contributed by atoms with E-state index in [1.165, 1.54) is 23.1 Å². The van der Waals surface area contributed by atoms with Crippen LogP contribution in [0.25, 0.3) is 0 Å². The van der Waals surface area contributed by atoms with E-state index in [4.69, 9.17) is 34.8 Å². The minimum absolute atomic E-state index is 0.139. The Morgan fingerprint density at radius 3 is 2.17 bits per heavy atom. The van der Waals surface area contributed by atoms with Crippen molar-refractivity contribution in [3.63, 3.8) is 0 Å². The molecule has 30 heavy (non-hydrogen) atoms. The van der Waals surface area contributed by atoms with Gasteiger partial charge in [-0.15, -0.1) is 0 Å². The van der Waals surface area contributed by atoms with Gasteiger partial charge in [0.15, 0.2) is 0 Å². The lowest BCUT2D eigenvalue weighted by molar-refractivity contribution is -0.123. The number of carbonyl (C=O) groups excluding carboxylic acids is 3. The van der Waals surface area contributed by atoms with Crippen LogP contribution in [0.15, 0.2) is 48.6 Å². The second kappa shape index (κ2) is 7.12. The Bertz CT molecular complexity index is 1120. The molecule has 1 N–H and O–H groups in total. The fourth-order valence-electron chi connectivity index (χ4n) is 4.76. The van der Waals surface area contributed by atoms with E-state index < -0.39 is 5.91 Å². The van der Waals surface area contributed by atoms with Crippen molar-refractivity contribution in [3.05, 3.63) is 69.2 Å². The first kappa shape index (κ1) is 19.6. The minimum Gasteiger partial charge on any atom is -0.321 e. The van der Waals surface area contributed by atoms with Crippen LogP contribution in [0.5, 0.6) is 0 Å². The van der Waals surface area contributed by atoms with Crippen LogP contribution in [0.3, 0.4) is 0 Å². The molecule has 1 aliphatic heterocycles. The first-order chi connectivity index (χ1) is 14.3. The molecule has 1 saturated heterocycles. The standard InChI is InChI=1S/C22H15Cl3N2O3/c23-12-3-5-14(15(24)8-12)20(28)26-17-6-4-13(9-16(17)25)27-21(29)18-10-1-2-11(7-10)19(18)22(27)30/h1-6,8-11,18-19H,7H2,(H,26,28)/t10-,11-,18+,19+/m0/s1. The van der Waals surface area contributed by atoms with Crippen LogP contribution >= 0.6 is 34.8 Å². The van der Waals surface area contributed by atoms with E-state index in [1.807, 2.05) is 12.2 Å². The maximum absolute atomic E-state index is 12.9. The van der Waals surface area contributed by atoms with Gasteiger partial charge in [0, 0.05) is 5.02 Å². The van der Waals surface area contributed by atoms with E-state index in [0.29, 0.717) is 16.4 Å². The highest BCUT2D eigenvalue weighted by molar-refractivity contribution is 6.38. The smallest absolute Gasteiger partial charge is 0.257 e. The monoisotopic (exact) mass is 460 g/mol. The van der Waals surface area contributed by atoms with Gasteiger partial charge in [-0.3, -0.25) is 14.4 Å². The van der Waals surface area contributed by atoms with Gasteiger partial charge in [0.25, 0.3) is 5.91 Å². The number of allylic oxidation sites excluding steroid dienone is 2. The minimum atomic E-state index is -0.447. The van der Waals surface area contributed by atoms with Gasteiger partial charge in [-0.25, -0.2) is 4.90 Å². The number of rotatable bonds is 3. The largest absolute Gasteiger partial charge is 0.321 e. The molecule has 152 valence electrons. The number of hydrogen-bond acceptors (Lipinski definition) is 3. The number of nitrogens with zero attached hydrogens (tertiary/aromatic N) is 1. The first-order valence-electron chi connectivity index (χ1n) is 9.47. The van der Waals surface area contributed by atoms with Crippen molar-refractivity contribution in [2.45, 2.75) is 6.42 Å². The van der Waals surface area contributed by atoms with E-state index in [-0.39, 0.29) is 51.1 Å². The Morgan fingerprint density at radius 1 is 0.900 bits per heavy atom. The van der Waals surface area contributed by atoms with Gasteiger partial charge in [-0.1, -0.05) is 47.0 Å². The highest BCUT2D eigenvalue weighted by Gasteiger charge is 2.59. The van der Waals surface area contributed by atoms with Crippen molar-refractivity contribution in [2.75, 3.05) is 10.2 Å². The van der Waals surface area contributed by atoms with Crippen molar-refractivity contribution in [2.24, 2.45) is 23.7 Å². The molecule has 1 saturated carbocycles. The summed E-state index contributed by atoms with van der Waals surface area (Å²) in [4.78, 5) is 39.7. The second-order valence-corrected chi connectivity index (χ2v) is 9.01. The summed E-state index contributed by atoms with van der Waals surface area (Å²) in [6, 6.07) is 9.26. The lowest BCUT2D eigenvalue weighted by atomic mass is 9.85. The topological polar surface area (TPSA) is 66.5 Å². The summed E-state index contributed by atoms with van der Waals surface area (Å²) in [7, 11) is 0. The van der Waals surface area contributed by atoms with Gasteiger partial charge in [-0.05, 0) is 54.7 Å². The number of carbonyl (C=O) groups is 3. The molecule has 2 aromatic carbocycles.